The van der Waals surface area contributed by atoms with Crippen LogP contribution in [-0.2, 0) is 11.2 Å². The molecule has 80 valence electrons. The zero-order valence-corrected chi connectivity index (χ0v) is 9.78. The van der Waals surface area contributed by atoms with E-state index >= 15 is 0 Å². The van der Waals surface area contributed by atoms with Gasteiger partial charge in [0, 0.05) is 10.2 Å². The molecule has 1 rings (SSSR count). The Morgan fingerprint density at radius 3 is 3.00 bits per heavy atom. The number of anilines is 1. The van der Waals surface area contributed by atoms with Gasteiger partial charge in [-0.2, -0.15) is 0 Å². The predicted molar refractivity (Wildman–Crippen MR) is 62.4 cm³/mol. The van der Waals surface area contributed by atoms with Crippen LogP contribution in [0, 0.1) is 0 Å². The number of nitrogens with one attached hydrogen (secondary N) is 1. The van der Waals surface area contributed by atoms with Gasteiger partial charge in [-0.3, -0.25) is 4.79 Å². The van der Waals surface area contributed by atoms with Crippen molar-refractivity contribution < 1.29 is 10.0 Å². The third-order valence-electron chi connectivity index (χ3n) is 1.88. The van der Waals surface area contributed by atoms with E-state index in [-0.39, 0.29) is 0 Å². The number of halogens is 1. The minimum atomic E-state index is -0.450. The normalized spacial score (nSPS) is 10.5. The number of carbonyl (C=O) groups is 1. The fourth-order valence-corrected chi connectivity index (χ4v) is 1.60. The van der Waals surface area contributed by atoms with E-state index in [4.69, 9.17) is 5.21 Å². The van der Waals surface area contributed by atoms with Crippen LogP contribution in [0.25, 0.3) is 0 Å². The fourth-order valence-electron chi connectivity index (χ4n) is 1.19. The molecule has 0 heterocycles. The van der Waals surface area contributed by atoms with Crippen molar-refractivity contribution in [2.45, 2.75) is 13.3 Å². The van der Waals surface area contributed by atoms with Crippen LogP contribution in [0.3, 0.4) is 0 Å². The number of aryl methyl sites for hydroxylation is 1. The van der Waals surface area contributed by atoms with Gasteiger partial charge < -0.3 is 10.5 Å². The van der Waals surface area contributed by atoms with E-state index in [1.165, 1.54) is 0 Å². The number of rotatable bonds is 3. The third kappa shape index (κ3) is 3.36. The molecule has 2 N–H and O–H groups in total. The van der Waals surface area contributed by atoms with Crippen LogP contribution in [-0.4, -0.2) is 17.3 Å². The monoisotopic (exact) mass is 270 g/mol. The molecule has 1 aromatic carbocycles. The van der Waals surface area contributed by atoms with Crippen LogP contribution in [0.2, 0.25) is 0 Å². The van der Waals surface area contributed by atoms with Crippen molar-refractivity contribution in [1.29, 1.82) is 0 Å². The summed E-state index contributed by atoms with van der Waals surface area (Å²) in [6, 6.07) is 5.57. The molecule has 0 unspecified atom stereocenters. The van der Waals surface area contributed by atoms with Gasteiger partial charge in [-0.05, 0) is 30.2 Å². The van der Waals surface area contributed by atoms with E-state index in [0.29, 0.717) is 0 Å². The Morgan fingerprint density at radius 2 is 2.40 bits per heavy atom. The van der Waals surface area contributed by atoms with E-state index in [9.17, 15) is 4.79 Å². The number of oxime groups is 1. The lowest BCUT2D eigenvalue weighted by Crippen LogP contribution is -2.13. The van der Waals surface area contributed by atoms with Crippen molar-refractivity contribution in [3.8, 4) is 0 Å². The van der Waals surface area contributed by atoms with Crippen LogP contribution in [0.5, 0.6) is 0 Å². The summed E-state index contributed by atoms with van der Waals surface area (Å²) in [6.07, 6.45) is 1.63. The molecule has 0 aliphatic rings. The second-order valence-corrected chi connectivity index (χ2v) is 3.80. The van der Waals surface area contributed by atoms with Gasteiger partial charge in [-0.1, -0.05) is 28.0 Å². The van der Waals surface area contributed by atoms with Gasteiger partial charge in [-0.25, -0.2) is 0 Å². The summed E-state index contributed by atoms with van der Waals surface area (Å²) in [6.45, 7) is 2.00. The molecule has 0 radical (unpaired) electrons. The van der Waals surface area contributed by atoms with Crippen molar-refractivity contribution in [1.82, 2.24) is 0 Å². The Labute approximate surface area is 96.1 Å². The standard InChI is InChI=1S/C10H11BrN2O2/c1-2-7-5-8(11)3-4-9(7)13-10(14)6-12-15/h3-6,15H,2H2,1H3,(H,13,14)/b12-6+. The Kier molecular flexibility index (Phi) is 4.30. The van der Waals surface area contributed by atoms with Crippen LogP contribution in [0.15, 0.2) is 27.8 Å². The Balaban J connectivity index is 2.89. The first kappa shape index (κ1) is 11.7. The lowest BCUT2D eigenvalue weighted by Gasteiger charge is -2.08. The van der Waals surface area contributed by atoms with E-state index < -0.39 is 5.91 Å². The van der Waals surface area contributed by atoms with E-state index in [1.807, 2.05) is 19.1 Å². The summed E-state index contributed by atoms with van der Waals surface area (Å²) in [4.78, 5) is 11.1. The van der Waals surface area contributed by atoms with Crippen molar-refractivity contribution in [2.75, 3.05) is 5.32 Å². The molecular weight excluding hydrogens is 260 g/mol. The highest BCUT2D eigenvalue weighted by Crippen LogP contribution is 2.21. The molecule has 0 fully saturated rings. The quantitative estimate of drug-likeness (QED) is 0.503. The second kappa shape index (κ2) is 5.50. The summed E-state index contributed by atoms with van der Waals surface area (Å²) in [7, 11) is 0. The SMILES string of the molecule is CCc1cc(Br)ccc1NC(=O)/C=N/O. The van der Waals surface area contributed by atoms with Gasteiger partial charge in [0.25, 0.3) is 5.91 Å². The number of benzene rings is 1. The van der Waals surface area contributed by atoms with E-state index in [2.05, 4.69) is 26.4 Å². The molecule has 0 aliphatic carbocycles. The molecule has 15 heavy (non-hydrogen) atoms. The summed E-state index contributed by atoms with van der Waals surface area (Å²) >= 11 is 3.36. The van der Waals surface area contributed by atoms with Gasteiger partial charge in [0.15, 0.2) is 0 Å². The maximum Gasteiger partial charge on any atom is 0.270 e. The van der Waals surface area contributed by atoms with Gasteiger partial charge in [-0.15, -0.1) is 0 Å². The Morgan fingerprint density at radius 1 is 1.67 bits per heavy atom. The predicted octanol–water partition coefficient (Wildman–Crippen LogP) is 2.41. The molecule has 0 bridgehead atoms. The first-order valence-corrected chi connectivity index (χ1v) is 5.23. The van der Waals surface area contributed by atoms with Crippen LogP contribution in [0.1, 0.15) is 12.5 Å². The van der Waals surface area contributed by atoms with Gasteiger partial charge in [0.05, 0.1) is 0 Å². The van der Waals surface area contributed by atoms with Crippen LogP contribution in [0.4, 0.5) is 5.69 Å². The fraction of sp³-hybridized carbons (Fsp3) is 0.200. The van der Waals surface area contributed by atoms with Gasteiger partial charge in [0.1, 0.15) is 6.21 Å². The molecule has 1 amide bonds. The lowest BCUT2D eigenvalue weighted by atomic mass is 10.1. The average Bonchev–Trinajstić information content (AvgIpc) is 2.21. The molecule has 0 aliphatic heterocycles. The zero-order chi connectivity index (χ0) is 11.3. The Bertz CT molecular complexity index is 391. The minimum Gasteiger partial charge on any atom is -0.411 e. The lowest BCUT2D eigenvalue weighted by molar-refractivity contribution is -0.110. The van der Waals surface area contributed by atoms with Crippen molar-refractivity contribution >= 4 is 33.7 Å². The molecule has 0 saturated heterocycles. The molecule has 1 aromatic rings. The van der Waals surface area contributed by atoms with Crippen LogP contribution < -0.4 is 5.32 Å². The number of carbonyl (C=O) groups excluding carboxylic acids is 1. The summed E-state index contributed by atoms with van der Waals surface area (Å²) in [5.41, 5.74) is 1.75. The highest BCUT2D eigenvalue weighted by atomic mass is 79.9. The summed E-state index contributed by atoms with van der Waals surface area (Å²) in [5, 5.41) is 13.5. The van der Waals surface area contributed by atoms with Crippen LogP contribution >= 0.6 is 15.9 Å². The molecule has 0 atom stereocenters. The van der Waals surface area contributed by atoms with Crippen molar-refractivity contribution in [3.05, 3.63) is 28.2 Å². The molecule has 0 spiro atoms. The largest absolute Gasteiger partial charge is 0.411 e. The smallest absolute Gasteiger partial charge is 0.270 e. The maximum absolute atomic E-state index is 11.1. The molecule has 0 saturated carbocycles. The van der Waals surface area contributed by atoms with Gasteiger partial charge in [0.2, 0.25) is 0 Å². The number of hydrogen-bond donors (Lipinski definition) is 2. The molecule has 5 heteroatoms. The van der Waals surface area contributed by atoms with Crippen molar-refractivity contribution in [2.24, 2.45) is 5.16 Å². The summed E-state index contributed by atoms with van der Waals surface area (Å²) in [5.74, 6) is -0.450. The summed E-state index contributed by atoms with van der Waals surface area (Å²) < 4.78 is 0.966. The minimum absolute atomic E-state index is 0.450. The van der Waals surface area contributed by atoms with Gasteiger partial charge >= 0.3 is 0 Å². The van der Waals surface area contributed by atoms with E-state index in [1.54, 1.807) is 6.07 Å². The van der Waals surface area contributed by atoms with Crippen molar-refractivity contribution in [3.63, 3.8) is 0 Å². The highest BCUT2D eigenvalue weighted by Gasteiger charge is 2.04. The topological polar surface area (TPSA) is 61.7 Å². The average molecular weight is 271 g/mol. The molecule has 4 nitrogen and oxygen atoms in total. The first-order valence-electron chi connectivity index (χ1n) is 4.44. The molecular formula is C10H11BrN2O2. The number of hydrogen-bond acceptors (Lipinski definition) is 3. The first-order chi connectivity index (χ1) is 7.17. The zero-order valence-electron chi connectivity index (χ0n) is 8.20. The maximum atomic E-state index is 11.1. The second-order valence-electron chi connectivity index (χ2n) is 2.89. The Hall–Kier alpha value is -1.36. The number of nitrogens with zero attached hydrogens (tertiary/aromatic N) is 1. The molecule has 0 aromatic heterocycles. The number of amides is 1. The highest BCUT2D eigenvalue weighted by molar-refractivity contribution is 9.10. The van der Waals surface area contributed by atoms with E-state index in [0.717, 1.165) is 28.4 Å². The third-order valence-corrected chi connectivity index (χ3v) is 2.37.